The van der Waals surface area contributed by atoms with Gasteiger partial charge in [-0.15, -0.1) is 10.2 Å². The van der Waals surface area contributed by atoms with Crippen LogP contribution in [0.25, 0.3) is 0 Å². The van der Waals surface area contributed by atoms with E-state index in [9.17, 15) is 4.79 Å². The molecule has 6 nitrogen and oxygen atoms in total. The van der Waals surface area contributed by atoms with Crippen molar-refractivity contribution >= 4 is 17.6 Å². The van der Waals surface area contributed by atoms with Gasteiger partial charge in [0.25, 0.3) is 5.88 Å². The lowest BCUT2D eigenvalue weighted by Crippen LogP contribution is -2.10. The lowest BCUT2D eigenvalue weighted by Gasteiger charge is -2.15. The first kappa shape index (κ1) is 21.9. The third-order valence-corrected chi connectivity index (χ3v) is 5.59. The van der Waals surface area contributed by atoms with Gasteiger partial charge in [-0.2, -0.15) is 0 Å². The maximum absolute atomic E-state index is 13.0. The second kappa shape index (κ2) is 9.53. The Labute approximate surface area is 202 Å². The fraction of sp³-hybridized carbons (Fsp3) is 0.148. The molecule has 1 heterocycles. The summed E-state index contributed by atoms with van der Waals surface area (Å²) in [5.41, 5.74) is 2.38. The third kappa shape index (κ3) is 5.02. The fourth-order valence-electron chi connectivity index (χ4n) is 3.58. The van der Waals surface area contributed by atoms with Crippen molar-refractivity contribution in [1.82, 2.24) is 10.2 Å². The topological polar surface area (TPSA) is 70.5 Å². The van der Waals surface area contributed by atoms with Crippen LogP contribution in [0.1, 0.15) is 40.2 Å². The van der Waals surface area contributed by atoms with Crippen LogP contribution in [0.2, 0.25) is 5.15 Å². The number of aromatic nitrogens is 2. The number of carbonyl (C=O) groups is 1. The van der Waals surface area contributed by atoms with Crippen molar-refractivity contribution in [2.75, 3.05) is 0 Å². The molecule has 0 N–H and O–H groups in total. The van der Waals surface area contributed by atoms with Gasteiger partial charge in [0, 0.05) is 6.07 Å². The van der Waals surface area contributed by atoms with Crippen LogP contribution < -0.4 is 14.2 Å². The molecule has 0 bridgehead atoms. The van der Waals surface area contributed by atoms with Gasteiger partial charge in [0.1, 0.15) is 17.2 Å². The minimum atomic E-state index is -0.598. The van der Waals surface area contributed by atoms with Crippen LogP contribution >= 0.6 is 11.6 Å². The van der Waals surface area contributed by atoms with Crippen LogP contribution in [0.3, 0.4) is 0 Å². The van der Waals surface area contributed by atoms with Crippen molar-refractivity contribution in [3.05, 3.63) is 101 Å². The first-order valence-corrected chi connectivity index (χ1v) is 11.3. The van der Waals surface area contributed by atoms with Gasteiger partial charge in [-0.3, -0.25) is 0 Å². The van der Waals surface area contributed by atoms with Crippen molar-refractivity contribution < 1.29 is 19.0 Å². The zero-order valence-electron chi connectivity index (χ0n) is 18.4. The Morgan fingerprint density at radius 3 is 2.44 bits per heavy atom. The highest BCUT2D eigenvalue weighted by molar-refractivity contribution is 6.29. The van der Waals surface area contributed by atoms with E-state index in [4.69, 9.17) is 25.8 Å². The summed E-state index contributed by atoms with van der Waals surface area (Å²) in [6, 6.07) is 23.5. The smallest absolute Gasteiger partial charge is 0.343 e. The van der Waals surface area contributed by atoms with Crippen molar-refractivity contribution in [3.63, 3.8) is 0 Å². The van der Waals surface area contributed by atoms with Gasteiger partial charge < -0.3 is 14.2 Å². The van der Waals surface area contributed by atoms with E-state index in [1.807, 2.05) is 55.5 Å². The zero-order chi connectivity index (χ0) is 23.5. The zero-order valence-corrected chi connectivity index (χ0v) is 19.2. The Morgan fingerprint density at radius 2 is 1.65 bits per heavy atom. The number of carbonyl (C=O) groups excluding carboxylic acids is 1. The maximum atomic E-state index is 13.0. The average molecular weight is 473 g/mol. The lowest BCUT2D eigenvalue weighted by atomic mass is 10.1. The summed E-state index contributed by atoms with van der Waals surface area (Å²) < 4.78 is 17.6. The van der Waals surface area contributed by atoms with E-state index in [0.29, 0.717) is 28.7 Å². The van der Waals surface area contributed by atoms with E-state index < -0.39 is 5.97 Å². The van der Waals surface area contributed by atoms with E-state index in [-0.39, 0.29) is 16.8 Å². The molecular formula is C27H21ClN2O4. The minimum absolute atomic E-state index is 0.0747. The number of halogens is 1. The van der Waals surface area contributed by atoms with Crippen molar-refractivity contribution in [1.29, 1.82) is 0 Å². The molecule has 4 aromatic rings. The van der Waals surface area contributed by atoms with Crippen molar-refractivity contribution in [2.45, 2.75) is 25.7 Å². The molecule has 3 aromatic carbocycles. The van der Waals surface area contributed by atoms with E-state index >= 15 is 0 Å². The van der Waals surface area contributed by atoms with Crippen LogP contribution in [-0.2, 0) is 0 Å². The summed E-state index contributed by atoms with van der Waals surface area (Å²) >= 11 is 6.05. The van der Waals surface area contributed by atoms with Crippen LogP contribution in [0.4, 0.5) is 0 Å². The predicted octanol–water partition coefficient (Wildman–Crippen LogP) is 7.12. The lowest BCUT2D eigenvalue weighted by molar-refractivity contribution is 0.0728. The van der Waals surface area contributed by atoms with Gasteiger partial charge in [0.2, 0.25) is 0 Å². The summed E-state index contributed by atoms with van der Waals surface area (Å²) in [7, 11) is 0. The molecule has 5 rings (SSSR count). The number of benzene rings is 3. The number of hydrogen-bond acceptors (Lipinski definition) is 6. The van der Waals surface area contributed by atoms with E-state index in [2.05, 4.69) is 10.2 Å². The predicted molar refractivity (Wildman–Crippen MR) is 128 cm³/mol. The first-order chi connectivity index (χ1) is 16.6. The second-order valence-corrected chi connectivity index (χ2v) is 8.43. The molecule has 0 radical (unpaired) electrons. The molecule has 1 fully saturated rings. The molecule has 0 amide bonds. The summed E-state index contributed by atoms with van der Waals surface area (Å²) in [4.78, 5) is 13.0. The van der Waals surface area contributed by atoms with Crippen LogP contribution in [-0.4, -0.2) is 16.2 Å². The molecule has 0 saturated heterocycles. The standard InChI is InChI=1S/C27H21ClN2O4/c1-17-7-5-12-22(18-13-14-18)25(17)34-26-23(16-24(28)29-30-26)33-27(31)19-8-6-11-21(15-19)32-20-9-3-2-4-10-20/h2-12,15-16,18H,13-14H2,1H3. The molecule has 0 unspecified atom stereocenters. The number of nitrogens with zero attached hydrogens (tertiary/aromatic N) is 2. The fourth-order valence-corrected chi connectivity index (χ4v) is 3.72. The number of rotatable bonds is 7. The Balaban J connectivity index is 1.39. The van der Waals surface area contributed by atoms with Gasteiger partial charge in [0.05, 0.1) is 5.56 Å². The van der Waals surface area contributed by atoms with Gasteiger partial charge in [-0.25, -0.2) is 4.79 Å². The number of aryl methyl sites for hydroxylation is 1. The Morgan fingerprint density at radius 1 is 0.882 bits per heavy atom. The van der Waals surface area contributed by atoms with Gasteiger partial charge in [0.15, 0.2) is 10.9 Å². The molecule has 1 aliphatic carbocycles. The first-order valence-electron chi connectivity index (χ1n) is 10.9. The third-order valence-electron chi connectivity index (χ3n) is 5.41. The SMILES string of the molecule is Cc1cccc(C2CC2)c1Oc1nnc(Cl)cc1OC(=O)c1cccc(Oc2ccccc2)c1. The van der Waals surface area contributed by atoms with Crippen LogP contribution in [0.15, 0.2) is 78.9 Å². The summed E-state index contributed by atoms with van der Waals surface area (Å²) in [5, 5.41) is 8.01. The second-order valence-electron chi connectivity index (χ2n) is 8.04. The maximum Gasteiger partial charge on any atom is 0.343 e. The summed E-state index contributed by atoms with van der Waals surface area (Å²) in [5.74, 6) is 1.91. The Hall–Kier alpha value is -3.90. The molecule has 0 spiro atoms. The molecule has 1 aliphatic rings. The van der Waals surface area contributed by atoms with E-state index in [1.54, 1.807) is 24.3 Å². The molecule has 0 atom stereocenters. The minimum Gasteiger partial charge on any atom is -0.457 e. The number of para-hydroxylation sites is 2. The number of esters is 1. The molecule has 0 aliphatic heterocycles. The highest BCUT2D eigenvalue weighted by Crippen LogP contribution is 2.47. The van der Waals surface area contributed by atoms with Crippen molar-refractivity contribution in [2.24, 2.45) is 0 Å². The Kier molecular flexibility index (Phi) is 6.14. The molecule has 7 heteroatoms. The van der Waals surface area contributed by atoms with E-state index in [1.165, 1.54) is 6.07 Å². The Bertz CT molecular complexity index is 1340. The largest absolute Gasteiger partial charge is 0.457 e. The van der Waals surface area contributed by atoms with Gasteiger partial charge in [-0.1, -0.05) is 54.1 Å². The molecule has 1 aromatic heterocycles. The summed E-state index contributed by atoms with van der Waals surface area (Å²) in [6.07, 6.45) is 2.24. The highest BCUT2D eigenvalue weighted by Gasteiger charge is 2.28. The molecule has 1 saturated carbocycles. The van der Waals surface area contributed by atoms with E-state index in [0.717, 1.165) is 24.0 Å². The monoisotopic (exact) mass is 472 g/mol. The van der Waals surface area contributed by atoms with Gasteiger partial charge in [-0.05, 0) is 67.1 Å². The van der Waals surface area contributed by atoms with Crippen LogP contribution in [0.5, 0.6) is 28.9 Å². The number of hydrogen-bond donors (Lipinski definition) is 0. The number of ether oxygens (including phenoxy) is 3. The molecule has 170 valence electrons. The van der Waals surface area contributed by atoms with Gasteiger partial charge >= 0.3 is 5.97 Å². The van der Waals surface area contributed by atoms with Crippen molar-refractivity contribution in [3.8, 4) is 28.9 Å². The van der Waals surface area contributed by atoms with Crippen LogP contribution in [0, 0.1) is 6.92 Å². The quantitative estimate of drug-likeness (QED) is 0.267. The summed E-state index contributed by atoms with van der Waals surface area (Å²) in [6.45, 7) is 1.97. The molecule has 34 heavy (non-hydrogen) atoms. The average Bonchev–Trinajstić information content (AvgIpc) is 3.68. The highest BCUT2D eigenvalue weighted by atomic mass is 35.5. The normalized spacial score (nSPS) is 12.8. The molecular weight excluding hydrogens is 452 g/mol.